The summed E-state index contributed by atoms with van der Waals surface area (Å²) in [5, 5.41) is 2.77. The molecule has 2 aromatic rings. The Bertz CT molecular complexity index is 717. The van der Waals surface area contributed by atoms with Gasteiger partial charge in [-0.3, -0.25) is 4.79 Å². The number of carbonyl (C=O) groups is 2. The molecule has 6 nitrogen and oxygen atoms in total. The van der Waals surface area contributed by atoms with E-state index in [1.54, 1.807) is 18.2 Å². The zero-order chi connectivity index (χ0) is 18.8. The van der Waals surface area contributed by atoms with Gasteiger partial charge in [0.15, 0.2) is 24.7 Å². The lowest BCUT2D eigenvalue weighted by Gasteiger charge is -2.14. The van der Waals surface area contributed by atoms with Crippen LogP contribution in [0.1, 0.15) is 25.5 Å². The molecule has 0 saturated carbocycles. The van der Waals surface area contributed by atoms with E-state index < -0.39 is 5.97 Å². The Hall–Kier alpha value is -3.02. The van der Waals surface area contributed by atoms with E-state index in [9.17, 15) is 9.59 Å². The maximum Gasteiger partial charge on any atom is 0.344 e. The first-order chi connectivity index (χ1) is 12.6. The number of rotatable bonds is 9. The number of hydrogen-bond donors (Lipinski definition) is 1. The van der Waals surface area contributed by atoms with Crippen molar-refractivity contribution in [3.05, 3.63) is 60.2 Å². The van der Waals surface area contributed by atoms with E-state index in [1.807, 2.05) is 50.2 Å². The van der Waals surface area contributed by atoms with Crippen LogP contribution in [0.3, 0.4) is 0 Å². The summed E-state index contributed by atoms with van der Waals surface area (Å²) in [4.78, 5) is 23.7. The van der Waals surface area contributed by atoms with Crippen LogP contribution in [0, 0.1) is 0 Å². The molecule has 0 aliphatic carbocycles. The number of carbonyl (C=O) groups excluding carboxylic acids is 2. The first-order valence-electron chi connectivity index (χ1n) is 8.44. The zero-order valence-electron chi connectivity index (χ0n) is 14.9. The minimum atomic E-state index is -0.626. The number of benzene rings is 2. The fourth-order valence-electron chi connectivity index (χ4n) is 2.28. The van der Waals surface area contributed by atoms with Gasteiger partial charge in [0, 0.05) is 0 Å². The highest BCUT2D eigenvalue weighted by Crippen LogP contribution is 2.26. The average Bonchev–Trinajstić information content (AvgIpc) is 2.66. The minimum absolute atomic E-state index is 0.170. The van der Waals surface area contributed by atoms with Gasteiger partial charge in [-0.15, -0.1) is 0 Å². The van der Waals surface area contributed by atoms with Gasteiger partial charge in [-0.25, -0.2) is 4.79 Å². The number of amides is 1. The summed E-state index contributed by atoms with van der Waals surface area (Å²) in [6, 6.07) is 16.4. The van der Waals surface area contributed by atoms with E-state index in [0.29, 0.717) is 18.1 Å². The second kappa shape index (κ2) is 10.1. The van der Waals surface area contributed by atoms with Crippen molar-refractivity contribution in [2.45, 2.75) is 19.9 Å². The van der Waals surface area contributed by atoms with Crippen LogP contribution in [0.2, 0.25) is 0 Å². The van der Waals surface area contributed by atoms with Crippen molar-refractivity contribution in [2.24, 2.45) is 0 Å². The van der Waals surface area contributed by atoms with Crippen LogP contribution in [0.5, 0.6) is 11.5 Å². The van der Waals surface area contributed by atoms with Crippen molar-refractivity contribution in [2.75, 3.05) is 19.8 Å². The summed E-state index contributed by atoms with van der Waals surface area (Å²) in [5.74, 6) is 0.00826. The molecule has 0 aromatic heterocycles. The summed E-state index contributed by atoms with van der Waals surface area (Å²) in [6.07, 6.45) is 0. The minimum Gasteiger partial charge on any atom is -0.490 e. The largest absolute Gasteiger partial charge is 0.490 e. The van der Waals surface area contributed by atoms with Crippen LogP contribution in [0.4, 0.5) is 0 Å². The molecule has 0 unspecified atom stereocenters. The third-order valence-corrected chi connectivity index (χ3v) is 3.54. The third-order valence-electron chi connectivity index (χ3n) is 3.54. The molecule has 2 rings (SSSR count). The number of esters is 1. The van der Waals surface area contributed by atoms with Gasteiger partial charge in [-0.1, -0.05) is 42.5 Å². The van der Waals surface area contributed by atoms with Crippen molar-refractivity contribution < 1.29 is 23.8 Å². The molecule has 138 valence electrons. The second-order valence-electron chi connectivity index (χ2n) is 5.53. The lowest BCUT2D eigenvalue weighted by molar-refractivity contribution is -0.150. The molecule has 0 aliphatic rings. The molecule has 1 atom stereocenters. The van der Waals surface area contributed by atoms with E-state index in [-0.39, 0.29) is 25.2 Å². The highest BCUT2D eigenvalue weighted by Gasteiger charge is 2.13. The molecule has 0 fully saturated rings. The first-order valence-corrected chi connectivity index (χ1v) is 8.44. The fraction of sp³-hybridized carbons (Fsp3) is 0.300. The number of nitrogens with one attached hydrogen (secondary N) is 1. The molecular formula is C20H23NO5. The highest BCUT2D eigenvalue weighted by molar-refractivity contribution is 5.81. The van der Waals surface area contributed by atoms with E-state index in [4.69, 9.17) is 14.2 Å². The van der Waals surface area contributed by atoms with Crippen molar-refractivity contribution in [3.63, 3.8) is 0 Å². The smallest absolute Gasteiger partial charge is 0.344 e. The van der Waals surface area contributed by atoms with Gasteiger partial charge < -0.3 is 19.5 Å². The molecule has 0 heterocycles. The number of ether oxygens (including phenoxy) is 3. The summed E-state index contributed by atoms with van der Waals surface area (Å²) in [6.45, 7) is 3.56. The van der Waals surface area contributed by atoms with Crippen LogP contribution >= 0.6 is 0 Å². The molecule has 0 saturated heterocycles. The molecule has 1 N–H and O–H groups in total. The molecule has 6 heteroatoms. The van der Waals surface area contributed by atoms with E-state index in [0.717, 1.165) is 5.56 Å². The normalized spacial score (nSPS) is 11.3. The van der Waals surface area contributed by atoms with Crippen LogP contribution in [0.25, 0.3) is 0 Å². The highest BCUT2D eigenvalue weighted by atomic mass is 16.6. The molecule has 0 spiro atoms. The van der Waals surface area contributed by atoms with Crippen LogP contribution in [-0.2, 0) is 14.3 Å². The standard InChI is InChI=1S/C20H23NO5/c1-3-24-17-11-7-8-12-18(17)25-14-20(23)26-13-19(22)21-15(2)16-9-5-4-6-10-16/h4-12,15H,3,13-14H2,1-2H3,(H,21,22)/t15-/m1/s1. The molecule has 0 aliphatic heterocycles. The Kier molecular flexibility index (Phi) is 7.49. The fourth-order valence-corrected chi connectivity index (χ4v) is 2.28. The molecule has 0 radical (unpaired) electrons. The maximum absolute atomic E-state index is 11.9. The first kappa shape index (κ1) is 19.3. The lowest BCUT2D eigenvalue weighted by atomic mass is 10.1. The van der Waals surface area contributed by atoms with Gasteiger partial charge >= 0.3 is 5.97 Å². The van der Waals surface area contributed by atoms with E-state index in [2.05, 4.69) is 5.32 Å². The molecule has 26 heavy (non-hydrogen) atoms. The number of hydrogen-bond acceptors (Lipinski definition) is 5. The van der Waals surface area contributed by atoms with Crippen LogP contribution < -0.4 is 14.8 Å². The maximum atomic E-state index is 11.9. The Morgan fingerprint density at radius 1 is 0.923 bits per heavy atom. The van der Waals surface area contributed by atoms with Crippen molar-refractivity contribution in [1.82, 2.24) is 5.32 Å². The SMILES string of the molecule is CCOc1ccccc1OCC(=O)OCC(=O)N[C@H](C)c1ccccc1. The summed E-state index contributed by atoms with van der Waals surface area (Å²) >= 11 is 0. The molecule has 0 bridgehead atoms. The monoisotopic (exact) mass is 357 g/mol. The van der Waals surface area contributed by atoms with Gasteiger partial charge in [0.25, 0.3) is 5.91 Å². The average molecular weight is 357 g/mol. The third kappa shape index (κ3) is 6.12. The zero-order valence-corrected chi connectivity index (χ0v) is 14.9. The van der Waals surface area contributed by atoms with E-state index >= 15 is 0 Å². The van der Waals surface area contributed by atoms with E-state index in [1.165, 1.54) is 0 Å². The van der Waals surface area contributed by atoms with Crippen molar-refractivity contribution in [1.29, 1.82) is 0 Å². The quantitative estimate of drug-likeness (QED) is 0.699. The Morgan fingerprint density at radius 3 is 2.19 bits per heavy atom. The van der Waals surface area contributed by atoms with Crippen LogP contribution in [-0.4, -0.2) is 31.7 Å². The lowest BCUT2D eigenvalue weighted by Crippen LogP contribution is -2.31. The summed E-state index contributed by atoms with van der Waals surface area (Å²) in [5.41, 5.74) is 0.975. The summed E-state index contributed by atoms with van der Waals surface area (Å²) in [7, 11) is 0. The predicted molar refractivity (Wildman–Crippen MR) is 97.1 cm³/mol. The second-order valence-corrected chi connectivity index (χ2v) is 5.53. The van der Waals surface area contributed by atoms with Gasteiger partial charge in [0.2, 0.25) is 0 Å². The van der Waals surface area contributed by atoms with Gasteiger partial charge in [0.05, 0.1) is 12.6 Å². The topological polar surface area (TPSA) is 73.9 Å². The predicted octanol–water partition coefficient (Wildman–Crippen LogP) is 2.88. The van der Waals surface area contributed by atoms with Gasteiger partial charge in [-0.2, -0.15) is 0 Å². The van der Waals surface area contributed by atoms with Gasteiger partial charge in [0.1, 0.15) is 0 Å². The van der Waals surface area contributed by atoms with Crippen molar-refractivity contribution in [3.8, 4) is 11.5 Å². The summed E-state index contributed by atoms with van der Waals surface area (Å²) < 4.78 is 15.8. The molecule has 2 aromatic carbocycles. The molecular weight excluding hydrogens is 334 g/mol. The van der Waals surface area contributed by atoms with Crippen LogP contribution in [0.15, 0.2) is 54.6 Å². The Morgan fingerprint density at radius 2 is 1.54 bits per heavy atom. The number of para-hydroxylation sites is 2. The van der Waals surface area contributed by atoms with Gasteiger partial charge in [-0.05, 0) is 31.5 Å². The van der Waals surface area contributed by atoms with Crippen molar-refractivity contribution >= 4 is 11.9 Å². The Labute approximate surface area is 153 Å². The molecule has 1 amide bonds. The Balaban J connectivity index is 1.74.